The fourth-order valence-electron chi connectivity index (χ4n) is 1.74. The van der Waals surface area contributed by atoms with Crippen molar-refractivity contribution < 1.29 is 19.9 Å². The van der Waals surface area contributed by atoms with E-state index in [1.54, 1.807) is 24.3 Å². The Balaban J connectivity index is 2.11. The quantitative estimate of drug-likeness (QED) is 0.541. The third-order valence-electron chi connectivity index (χ3n) is 2.67. The van der Waals surface area contributed by atoms with Crippen molar-refractivity contribution in [1.29, 1.82) is 0 Å². The van der Waals surface area contributed by atoms with Crippen LogP contribution in [-0.4, -0.2) is 42.4 Å². The second kappa shape index (κ2) is 5.55. The van der Waals surface area contributed by atoms with Crippen molar-refractivity contribution in [3.63, 3.8) is 0 Å². The van der Waals surface area contributed by atoms with Crippen molar-refractivity contribution in [2.45, 2.75) is 6.04 Å². The SMILES string of the molecule is COC(=O)NN=CC1CN(O)c2ccccc2N1O. The standard InChI is InChI=1S/C11H14N4O4/c1-19-11(16)13-12-6-8-7-14(17)9-4-2-3-5-10(9)15(8)18/h2-6,8,17-18H,7H2,1H3,(H,13,16). The summed E-state index contributed by atoms with van der Waals surface area (Å²) in [6.45, 7) is 0.111. The summed E-state index contributed by atoms with van der Waals surface area (Å²) in [6, 6.07) is 6.23. The lowest BCUT2D eigenvalue weighted by Gasteiger charge is -2.36. The fraction of sp³-hybridized carbons (Fsp3) is 0.273. The van der Waals surface area contributed by atoms with Gasteiger partial charge in [-0.05, 0) is 12.1 Å². The van der Waals surface area contributed by atoms with E-state index in [4.69, 9.17) is 0 Å². The Morgan fingerprint density at radius 1 is 1.47 bits per heavy atom. The van der Waals surface area contributed by atoms with E-state index in [1.807, 2.05) is 0 Å². The summed E-state index contributed by atoms with van der Waals surface area (Å²) in [5, 5.41) is 25.5. The first-order valence-electron chi connectivity index (χ1n) is 5.54. The van der Waals surface area contributed by atoms with Crippen LogP contribution in [0.5, 0.6) is 0 Å². The fourth-order valence-corrected chi connectivity index (χ4v) is 1.74. The zero-order valence-corrected chi connectivity index (χ0v) is 10.2. The number of carbonyl (C=O) groups is 1. The number of ether oxygens (including phenoxy) is 1. The first kappa shape index (κ1) is 13.1. The van der Waals surface area contributed by atoms with Gasteiger partial charge in [0.1, 0.15) is 6.04 Å². The highest BCUT2D eigenvalue weighted by molar-refractivity contribution is 5.80. The van der Waals surface area contributed by atoms with Crippen LogP contribution in [0, 0.1) is 0 Å². The van der Waals surface area contributed by atoms with Gasteiger partial charge in [-0.25, -0.2) is 15.3 Å². The van der Waals surface area contributed by atoms with Gasteiger partial charge in [-0.1, -0.05) is 12.1 Å². The highest BCUT2D eigenvalue weighted by atomic mass is 16.5. The topological polar surface area (TPSA) is 97.6 Å². The Morgan fingerprint density at radius 3 is 2.84 bits per heavy atom. The number of fused-ring (bicyclic) bond motifs is 1. The number of hydroxylamine groups is 2. The summed E-state index contributed by atoms with van der Waals surface area (Å²) < 4.78 is 4.34. The van der Waals surface area contributed by atoms with E-state index in [-0.39, 0.29) is 6.54 Å². The smallest absolute Gasteiger partial charge is 0.427 e. The number of anilines is 2. The Kier molecular flexibility index (Phi) is 3.83. The van der Waals surface area contributed by atoms with Crippen molar-refractivity contribution in [1.82, 2.24) is 5.43 Å². The summed E-state index contributed by atoms with van der Waals surface area (Å²) >= 11 is 0. The molecule has 0 aliphatic carbocycles. The third-order valence-corrected chi connectivity index (χ3v) is 2.67. The molecule has 0 radical (unpaired) electrons. The zero-order valence-electron chi connectivity index (χ0n) is 10.2. The molecule has 8 heteroatoms. The van der Waals surface area contributed by atoms with Crippen LogP contribution in [-0.2, 0) is 4.74 Å². The van der Waals surface area contributed by atoms with Gasteiger partial charge in [-0.15, -0.1) is 0 Å². The molecule has 0 spiro atoms. The first-order chi connectivity index (χ1) is 9.13. The first-order valence-corrected chi connectivity index (χ1v) is 5.54. The van der Waals surface area contributed by atoms with Crippen molar-refractivity contribution >= 4 is 23.7 Å². The van der Waals surface area contributed by atoms with E-state index in [2.05, 4.69) is 15.3 Å². The number of para-hydroxylation sites is 2. The Morgan fingerprint density at radius 2 is 2.16 bits per heavy atom. The summed E-state index contributed by atoms with van der Waals surface area (Å²) in [5.74, 6) is 0. The van der Waals surface area contributed by atoms with E-state index in [0.29, 0.717) is 11.4 Å². The van der Waals surface area contributed by atoms with Gasteiger partial charge in [0.15, 0.2) is 0 Å². The molecule has 19 heavy (non-hydrogen) atoms. The minimum atomic E-state index is -0.710. The summed E-state index contributed by atoms with van der Waals surface area (Å²) in [7, 11) is 1.22. The molecule has 3 N–H and O–H groups in total. The van der Waals surface area contributed by atoms with Gasteiger partial charge in [-0.2, -0.15) is 5.10 Å². The van der Waals surface area contributed by atoms with Crippen molar-refractivity contribution in [2.75, 3.05) is 23.8 Å². The van der Waals surface area contributed by atoms with Crippen molar-refractivity contribution in [2.24, 2.45) is 5.10 Å². The number of methoxy groups -OCH3 is 1. The van der Waals surface area contributed by atoms with E-state index in [0.717, 1.165) is 10.1 Å². The lowest BCUT2D eigenvalue weighted by Crippen LogP contribution is -2.47. The number of hydrogen-bond acceptors (Lipinski definition) is 7. The van der Waals surface area contributed by atoms with Crippen LogP contribution in [0.15, 0.2) is 29.4 Å². The maximum absolute atomic E-state index is 10.8. The number of hydrazone groups is 1. The molecule has 1 unspecified atom stereocenters. The Bertz CT molecular complexity index is 493. The minimum absolute atomic E-state index is 0.111. The minimum Gasteiger partial charge on any atom is -0.452 e. The zero-order chi connectivity index (χ0) is 13.8. The molecule has 1 aliphatic heterocycles. The van der Waals surface area contributed by atoms with Gasteiger partial charge in [0.25, 0.3) is 0 Å². The van der Waals surface area contributed by atoms with Crippen molar-refractivity contribution in [3.05, 3.63) is 24.3 Å². The van der Waals surface area contributed by atoms with Crippen LogP contribution >= 0.6 is 0 Å². The number of nitrogens with one attached hydrogen (secondary N) is 1. The van der Waals surface area contributed by atoms with E-state index in [1.165, 1.54) is 13.3 Å². The van der Waals surface area contributed by atoms with Crippen LogP contribution in [0.25, 0.3) is 0 Å². The third kappa shape index (κ3) is 2.75. The second-order valence-corrected chi connectivity index (χ2v) is 3.86. The summed E-state index contributed by atoms with van der Waals surface area (Å²) in [6.07, 6.45) is 0.591. The molecule has 1 aliphatic rings. The van der Waals surface area contributed by atoms with Crippen LogP contribution in [0.3, 0.4) is 0 Å². The maximum Gasteiger partial charge on any atom is 0.427 e. The van der Waals surface area contributed by atoms with Gasteiger partial charge in [-0.3, -0.25) is 15.5 Å². The average Bonchev–Trinajstić information content (AvgIpc) is 2.44. The molecule has 1 atom stereocenters. The van der Waals surface area contributed by atoms with E-state index >= 15 is 0 Å². The number of rotatable bonds is 2. The molecule has 0 saturated carbocycles. The molecule has 2 rings (SSSR count). The molecule has 0 bridgehead atoms. The number of carbonyl (C=O) groups excluding carboxylic acids is 1. The largest absolute Gasteiger partial charge is 0.452 e. The monoisotopic (exact) mass is 266 g/mol. The molecule has 8 nitrogen and oxygen atoms in total. The van der Waals surface area contributed by atoms with Gasteiger partial charge >= 0.3 is 6.09 Å². The van der Waals surface area contributed by atoms with Crippen LogP contribution in [0.4, 0.5) is 16.2 Å². The predicted molar refractivity (Wildman–Crippen MR) is 67.7 cm³/mol. The lowest BCUT2D eigenvalue weighted by molar-refractivity contribution is 0.171. The highest BCUT2D eigenvalue weighted by Gasteiger charge is 2.28. The lowest BCUT2D eigenvalue weighted by atomic mass is 10.1. The maximum atomic E-state index is 10.8. The van der Waals surface area contributed by atoms with Crippen LogP contribution in [0.2, 0.25) is 0 Å². The summed E-state index contributed by atoms with van der Waals surface area (Å²) in [5.41, 5.74) is 3.06. The molecule has 1 aromatic rings. The molecule has 1 aromatic carbocycles. The Hall–Kier alpha value is -2.32. The number of nitrogens with zero attached hydrogens (tertiary/aromatic N) is 3. The van der Waals surface area contributed by atoms with Crippen LogP contribution < -0.4 is 15.6 Å². The van der Waals surface area contributed by atoms with Gasteiger partial charge in [0, 0.05) is 0 Å². The molecule has 1 amide bonds. The molecular formula is C11H14N4O4. The predicted octanol–water partition coefficient (Wildman–Crippen LogP) is 0.802. The molecule has 1 heterocycles. The van der Waals surface area contributed by atoms with Gasteiger partial charge < -0.3 is 4.74 Å². The molecule has 0 aromatic heterocycles. The average molecular weight is 266 g/mol. The van der Waals surface area contributed by atoms with Crippen LogP contribution in [0.1, 0.15) is 0 Å². The van der Waals surface area contributed by atoms with Crippen molar-refractivity contribution in [3.8, 4) is 0 Å². The molecule has 0 fully saturated rings. The Labute approximate surface area is 109 Å². The van der Waals surface area contributed by atoms with Gasteiger partial charge in [0.05, 0.1) is 31.2 Å². The van der Waals surface area contributed by atoms with E-state index < -0.39 is 12.1 Å². The molecule has 0 saturated heterocycles. The highest BCUT2D eigenvalue weighted by Crippen LogP contribution is 2.32. The summed E-state index contributed by atoms with van der Waals surface area (Å²) in [4.78, 5) is 10.8. The molecular weight excluding hydrogens is 252 g/mol. The second-order valence-electron chi connectivity index (χ2n) is 3.86. The molecule has 102 valence electrons. The normalized spacial score (nSPS) is 18.4. The number of benzene rings is 1. The number of hydrogen-bond donors (Lipinski definition) is 3. The number of amides is 1. The van der Waals surface area contributed by atoms with Gasteiger partial charge in [0.2, 0.25) is 0 Å². The van der Waals surface area contributed by atoms with E-state index in [9.17, 15) is 15.2 Å².